The first-order chi connectivity index (χ1) is 14.1. The van der Waals surface area contributed by atoms with E-state index in [1.165, 1.54) is 12.4 Å². The molecule has 3 aromatic rings. The van der Waals surface area contributed by atoms with E-state index in [2.05, 4.69) is 20.6 Å². The molecular formula is C22H24N4O3. The Hall–Kier alpha value is -3.61. The summed E-state index contributed by atoms with van der Waals surface area (Å²) in [5.74, 6) is 1.56. The highest BCUT2D eigenvalue weighted by Crippen LogP contribution is 2.27. The largest absolute Gasteiger partial charge is 0.493 e. The van der Waals surface area contributed by atoms with Gasteiger partial charge >= 0.3 is 0 Å². The number of hydrogen-bond acceptors (Lipinski definition) is 6. The van der Waals surface area contributed by atoms with Crippen molar-refractivity contribution in [1.82, 2.24) is 15.3 Å². The van der Waals surface area contributed by atoms with E-state index >= 15 is 0 Å². The normalized spacial score (nSPS) is 10.3. The van der Waals surface area contributed by atoms with Crippen LogP contribution in [-0.2, 0) is 13.1 Å². The van der Waals surface area contributed by atoms with Crippen molar-refractivity contribution in [3.05, 3.63) is 77.1 Å². The van der Waals surface area contributed by atoms with E-state index in [0.717, 1.165) is 16.7 Å². The number of carbonyl (C=O) groups excluding carboxylic acids is 1. The fourth-order valence-corrected chi connectivity index (χ4v) is 2.81. The maximum Gasteiger partial charge on any atom is 0.254 e. The van der Waals surface area contributed by atoms with E-state index in [1.807, 2.05) is 49.4 Å². The maximum atomic E-state index is 12.3. The van der Waals surface area contributed by atoms with Gasteiger partial charge in [-0.15, -0.1) is 0 Å². The molecule has 0 saturated heterocycles. The Morgan fingerprint density at radius 3 is 2.34 bits per heavy atom. The quantitative estimate of drug-likeness (QED) is 0.612. The highest BCUT2D eigenvalue weighted by molar-refractivity contribution is 5.93. The van der Waals surface area contributed by atoms with Crippen LogP contribution in [0.1, 0.15) is 27.0 Å². The number of carbonyl (C=O) groups is 1. The summed E-state index contributed by atoms with van der Waals surface area (Å²) in [7, 11) is 3.20. The van der Waals surface area contributed by atoms with Gasteiger partial charge in [-0.1, -0.05) is 35.9 Å². The molecule has 2 aromatic carbocycles. The van der Waals surface area contributed by atoms with E-state index in [-0.39, 0.29) is 5.91 Å². The van der Waals surface area contributed by atoms with Gasteiger partial charge in [0, 0.05) is 25.5 Å². The smallest absolute Gasteiger partial charge is 0.254 e. The van der Waals surface area contributed by atoms with Gasteiger partial charge in [0.1, 0.15) is 0 Å². The molecule has 1 heterocycles. The summed E-state index contributed by atoms with van der Waals surface area (Å²) in [4.78, 5) is 20.7. The van der Waals surface area contributed by atoms with Gasteiger partial charge in [-0.05, 0) is 30.2 Å². The van der Waals surface area contributed by atoms with Crippen molar-refractivity contribution >= 4 is 11.9 Å². The van der Waals surface area contributed by atoms with Crippen molar-refractivity contribution in [2.24, 2.45) is 0 Å². The average Bonchev–Trinajstić information content (AvgIpc) is 2.76. The minimum Gasteiger partial charge on any atom is -0.493 e. The van der Waals surface area contributed by atoms with E-state index < -0.39 is 0 Å². The third-order valence-electron chi connectivity index (χ3n) is 4.35. The van der Waals surface area contributed by atoms with Crippen LogP contribution >= 0.6 is 0 Å². The lowest BCUT2D eigenvalue weighted by atomic mass is 10.1. The second-order valence-corrected chi connectivity index (χ2v) is 6.51. The molecule has 29 heavy (non-hydrogen) atoms. The van der Waals surface area contributed by atoms with Crippen LogP contribution in [0.2, 0.25) is 0 Å². The molecule has 1 aromatic heterocycles. The zero-order chi connectivity index (χ0) is 20.6. The zero-order valence-electron chi connectivity index (χ0n) is 16.7. The first-order valence-corrected chi connectivity index (χ1v) is 9.19. The maximum absolute atomic E-state index is 12.3. The molecule has 3 rings (SSSR count). The SMILES string of the molecule is COc1ccc(CNc2ncc(C(=O)NCc3cccc(C)c3)cn2)cc1OC. The Bertz CT molecular complexity index is 974. The first kappa shape index (κ1) is 20.1. The van der Waals surface area contributed by atoms with Crippen LogP contribution in [0.5, 0.6) is 11.5 Å². The van der Waals surface area contributed by atoms with Crippen molar-refractivity contribution < 1.29 is 14.3 Å². The van der Waals surface area contributed by atoms with Crippen LogP contribution < -0.4 is 20.1 Å². The highest BCUT2D eigenvalue weighted by atomic mass is 16.5. The van der Waals surface area contributed by atoms with Crippen LogP contribution in [0.15, 0.2) is 54.9 Å². The molecule has 0 aliphatic heterocycles. The number of nitrogens with zero attached hydrogens (tertiary/aromatic N) is 2. The van der Waals surface area contributed by atoms with Gasteiger partial charge in [0.2, 0.25) is 5.95 Å². The summed E-state index contributed by atoms with van der Waals surface area (Å²) in [6, 6.07) is 13.7. The summed E-state index contributed by atoms with van der Waals surface area (Å²) < 4.78 is 10.5. The molecule has 150 valence electrons. The van der Waals surface area contributed by atoms with Crippen LogP contribution in [0, 0.1) is 6.92 Å². The van der Waals surface area contributed by atoms with Gasteiger partial charge in [0.15, 0.2) is 11.5 Å². The van der Waals surface area contributed by atoms with Crippen molar-refractivity contribution in [2.45, 2.75) is 20.0 Å². The molecule has 0 atom stereocenters. The number of aryl methyl sites for hydroxylation is 1. The molecule has 0 saturated carbocycles. The molecule has 0 radical (unpaired) electrons. The molecule has 7 heteroatoms. The first-order valence-electron chi connectivity index (χ1n) is 9.19. The molecule has 1 amide bonds. The number of anilines is 1. The van der Waals surface area contributed by atoms with Crippen LogP contribution in [-0.4, -0.2) is 30.1 Å². The molecule has 0 aliphatic rings. The van der Waals surface area contributed by atoms with E-state index in [9.17, 15) is 4.79 Å². The molecule has 0 fully saturated rings. The summed E-state index contributed by atoms with van der Waals surface area (Å²) in [5, 5.41) is 6.01. The number of rotatable bonds is 8. The highest BCUT2D eigenvalue weighted by Gasteiger charge is 2.08. The van der Waals surface area contributed by atoms with Crippen molar-refractivity contribution in [3.8, 4) is 11.5 Å². The van der Waals surface area contributed by atoms with E-state index in [4.69, 9.17) is 9.47 Å². The monoisotopic (exact) mass is 392 g/mol. The number of hydrogen-bond donors (Lipinski definition) is 2. The number of methoxy groups -OCH3 is 2. The molecule has 7 nitrogen and oxygen atoms in total. The predicted octanol–water partition coefficient (Wildman–Crippen LogP) is 3.34. The van der Waals surface area contributed by atoms with E-state index in [0.29, 0.717) is 36.1 Å². The second kappa shape index (κ2) is 9.54. The minimum absolute atomic E-state index is 0.210. The van der Waals surface area contributed by atoms with Gasteiger partial charge in [-0.3, -0.25) is 4.79 Å². The predicted molar refractivity (Wildman–Crippen MR) is 111 cm³/mol. The van der Waals surface area contributed by atoms with Gasteiger partial charge in [-0.2, -0.15) is 0 Å². The fraction of sp³-hybridized carbons (Fsp3) is 0.227. The van der Waals surface area contributed by atoms with Crippen LogP contribution in [0.3, 0.4) is 0 Å². The van der Waals surface area contributed by atoms with Crippen LogP contribution in [0.25, 0.3) is 0 Å². The molecule has 0 aliphatic carbocycles. The molecule has 0 bridgehead atoms. The topological polar surface area (TPSA) is 85.4 Å². The molecule has 0 spiro atoms. The van der Waals surface area contributed by atoms with Gasteiger partial charge in [-0.25, -0.2) is 9.97 Å². The lowest BCUT2D eigenvalue weighted by Crippen LogP contribution is -2.23. The van der Waals surface area contributed by atoms with Gasteiger partial charge < -0.3 is 20.1 Å². The number of benzene rings is 2. The summed E-state index contributed by atoms with van der Waals surface area (Å²) in [6.45, 7) is 2.99. The summed E-state index contributed by atoms with van der Waals surface area (Å²) in [5.41, 5.74) is 3.61. The molecule has 0 unspecified atom stereocenters. The van der Waals surface area contributed by atoms with Crippen molar-refractivity contribution in [3.63, 3.8) is 0 Å². The Morgan fingerprint density at radius 2 is 1.66 bits per heavy atom. The third kappa shape index (κ3) is 5.44. The molecular weight excluding hydrogens is 368 g/mol. The van der Waals surface area contributed by atoms with E-state index in [1.54, 1.807) is 14.2 Å². The van der Waals surface area contributed by atoms with Crippen molar-refractivity contribution in [2.75, 3.05) is 19.5 Å². The Balaban J connectivity index is 1.55. The average molecular weight is 392 g/mol. The standard InChI is InChI=1S/C22H24N4O3/c1-15-5-4-6-16(9-15)11-23-21(27)18-13-25-22(26-14-18)24-12-17-7-8-19(28-2)20(10-17)29-3/h4-10,13-14H,11-12H2,1-3H3,(H,23,27)(H,24,25,26). The number of nitrogens with one attached hydrogen (secondary N) is 2. The summed E-state index contributed by atoms with van der Waals surface area (Å²) in [6.07, 6.45) is 3.02. The number of ether oxygens (including phenoxy) is 2. The second-order valence-electron chi connectivity index (χ2n) is 6.51. The third-order valence-corrected chi connectivity index (χ3v) is 4.35. The fourth-order valence-electron chi connectivity index (χ4n) is 2.81. The Labute approximate surface area is 170 Å². The lowest BCUT2D eigenvalue weighted by Gasteiger charge is -2.10. The zero-order valence-corrected chi connectivity index (χ0v) is 16.7. The van der Waals surface area contributed by atoms with Crippen LogP contribution in [0.4, 0.5) is 5.95 Å². The van der Waals surface area contributed by atoms with Crippen molar-refractivity contribution in [1.29, 1.82) is 0 Å². The summed E-state index contributed by atoms with van der Waals surface area (Å²) >= 11 is 0. The Morgan fingerprint density at radius 1 is 0.931 bits per heavy atom. The lowest BCUT2D eigenvalue weighted by molar-refractivity contribution is 0.0950. The van der Waals surface area contributed by atoms with Gasteiger partial charge in [0.05, 0.1) is 19.8 Å². The Kier molecular flexibility index (Phi) is 6.63. The minimum atomic E-state index is -0.210. The number of amides is 1. The molecule has 2 N–H and O–H groups in total. The van der Waals surface area contributed by atoms with Gasteiger partial charge in [0.25, 0.3) is 5.91 Å². The number of aromatic nitrogens is 2.